The van der Waals surface area contributed by atoms with Crippen molar-refractivity contribution in [3.63, 3.8) is 0 Å². The number of aliphatic hydroxyl groups is 1. The summed E-state index contributed by atoms with van der Waals surface area (Å²) in [6.45, 7) is 3.34. The Morgan fingerprint density at radius 3 is 2.59 bits per heavy atom. The van der Waals surface area contributed by atoms with Crippen molar-refractivity contribution in [2.45, 2.75) is 45.2 Å². The van der Waals surface area contributed by atoms with Gasteiger partial charge in [0.1, 0.15) is 5.75 Å². The molecule has 3 unspecified atom stereocenters. The molecule has 0 aromatic heterocycles. The Labute approximate surface area is 129 Å². The zero-order valence-corrected chi connectivity index (χ0v) is 12.9. The number of alkyl halides is 2. The number of benzene rings is 1. The summed E-state index contributed by atoms with van der Waals surface area (Å²) >= 11 is 0. The van der Waals surface area contributed by atoms with Gasteiger partial charge in [0.05, 0.1) is 18.3 Å². The van der Waals surface area contributed by atoms with E-state index < -0.39 is 12.7 Å². The molecule has 1 aliphatic heterocycles. The molecule has 0 saturated carbocycles. The van der Waals surface area contributed by atoms with Crippen molar-refractivity contribution in [2.75, 3.05) is 19.6 Å². The van der Waals surface area contributed by atoms with Crippen molar-refractivity contribution in [3.8, 4) is 5.75 Å². The Morgan fingerprint density at radius 1 is 1.32 bits per heavy atom. The quantitative estimate of drug-likeness (QED) is 0.876. The van der Waals surface area contributed by atoms with E-state index in [4.69, 9.17) is 4.74 Å². The SMILES string of the molecule is CCC1CN(CC(O)c2ccc(OC(F)F)cc2)CC(C)O1. The van der Waals surface area contributed by atoms with Crippen LogP contribution in [0.25, 0.3) is 0 Å². The number of halogens is 2. The first-order valence-corrected chi connectivity index (χ1v) is 7.58. The van der Waals surface area contributed by atoms with Crippen LogP contribution in [-0.2, 0) is 4.74 Å². The Morgan fingerprint density at radius 2 is 2.00 bits per heavy atom. The molecule has 3 atom stereocenters. The molecule has 1 fully saturated rings. The van der Waals surface area contributed by atoms with E-state index in [0.29, 0.717) is 12.1 Å². The minimum absolute atomic E-state index is 0.0944. The molecule has 22 heavy (non-hydrogen) atoms. The van der Waals surface area contributed by atoms with Crippen LogP contribution in [0.4, 0.5) is 8.78 Å². The fourth-order valence-electron chi connectivity index (χ4n) is 2.74. The van der Waals surface area contributed by atoms with Crippen LogP contribution in [0, 0.1) is 0 Å². The zero-order valence-electron chi connectivity index (χ0n) is 12.9. The van der Waals surface area contributed by atoms with Crippen molar-refractivity contribution < 1.29 is 23.4 Å². The van der Waals surface area contributed by atoms with Gasteiger partial charge >= 0.3 is 6.61 Å². The summed E-state index contributed by atoms with van der Waals surface area (Å²) < 4.78 is 34.3. The highest BCUT2D eigenvalue weighted by Crippen LogP contribution is 2.22. The number of morpholine rings is 1. The van der Waals surface area contributed by atoms with Crippen molar-refractivity contribution >= 4 is 0 Å². The van der Waals surface area contributed by atoms with E-state index in [1.54, 1.807) is 12.1 Å². The van der Waals surface area contributed by atoms with E-state index in [1.807, 2.05) is 6.92 Å². The number of hydrogen-bond donors (Lipinski definition) is 1. The van der Waals surface area contributed by atoms with Gasteiger partial charge in [-0.05, 0) is 31.0 Å². The lowest BCUT2D eigenvalue weighted by Gasteiger charge is -2.37. The van der Waals surface area contributed by atoms with E-state index in [1.165, 1.54) is 12.1 Å². The zero-order chi connectivity index (χ0) is 16.1. The van der Waals surface area contributed by atoms with Gasteiger partial charge in [0.25, 0.3) is 0 Å². The molecule has 0 aliphatic carbocycles. The standard InChI is InChI=1S/C16H23F2NO3/c1-3-13-9-19(8-11(2)21-13)10-15(20)12-4-6-14(7-5-12)22-16(17)18/h4-7,11,13,15-16,20H,3,8-10H2,1-2H3. The highest BCUT2D eigenvalue weighted by atomic mass is 19.3. The molecule has 6 heteroatoms. The molecule has 1 heterocycles. The topological polar surface area (TPSA) is 41.9 Å². The minimum Gasteiger partial charge on any atom is -0.435 e. The number of β-amino-alcohol motifs (C(OH)–C–C–N with tert-alkyl or cyclic N) is 1. The molecule has 1 N–H and O–H groups in total. The van der Waals surface area contributed by atoms with Gasteiger partial charge in [0.15, 0.2) is 0 Å². The van der Waals surface area contributed by atoms with Gasteiger partial charge in [-0.3, -0.25) is 4.90 Å². The van der Waals surface area contributed by atoms with Crippen LogP contribution in [0.2, 0.25) is 0 Å². The number of aliphatic hydroxyl groups excluding tert-OH is 1. The lowest BCUT2D eigenvalue weighted by molar-refractivity contribution is -0.0856. The van der Waals surface area contributed by atoms with Crippen LogP contribution < -0.4 is 4.74 Å². The monoisotopic (exact) mass is 315 g/mol. The smallest absolute Gasteiger partial charge is 0.387 e. The summed E-state index contributed by atoms with van der Waals surface area (Å²) in [5.74, 6) is 0.0944. The molecule has 0 bridgehead atoms. The number of rotatable bonds is 6. The summed E-state index contributed by atoms with van der Waals surface area (Å²) in [5.41, 5.74) is 0.689. The molecule has 0 amide bonds. The molecule has 2 rings (SSSR count). The van der Waals surface area contributed by atoms with E-state index >= 15 is 0 Å². The lowest BCUT2D eigenvalue weighted by atomic mass is 10.1. The molecule has 1 aliphatic rings. The van der Waals surface area contributed by atoms with Gasteiger partial charge in [-0.2, -0.15) is 8.78 Å². The summed E-state index contributed by atoms with van der Waals surface area (Å²) in [6, 6.07) is 6.12. The predicted molar refractivity (Wildman–Crippen MR) is 79.1 cm³/mol. The Bertz CT molecular complexity index is 455. The van der Waals surface area contributed by atoms with Gasteiger partial charge in [0.2, 0.25) is 0 Å². The van der Waals surface area contributed by atoms with Crippen LogP contribution in [0.1, 0.15) is 31.9 Å². The van der Waals surface area contributed by atoms with Crippen LogP contribution in [-0.4, -0.2) is 48.5 Å². The van der Waals surface area contributed by atoms with Crippen LogP contribution >= 0.6 is 0 Å². The third kappa shape index (κ3) is 4.90. The molecule has 1 aromatic carbocycles. The maximum Gasteiger partial charge on any atom is 0.387 e. The number of ether oxygens (including phenoxy) is 2. The van der Waals surface area contributed by atoms with Crippen LogP contribution in [0.15, 0.2) is 24.3 Å². The van der Waals surface area contributed by atoms with E-state index in [-0.39, 0.29) is 18.0 Å². The molecule has 0 radical (unpaired) electrons. The average Bonchev–Trinajstić information content (AvgIpc) is 2.46. The second kappa shape index (κ2) is 7.85. The van der Waals surface area contributed by atoms with Crippen LogP contribution in [0.3, 0.4) is 0 Å². The third-order valence-electron chi connectivity index (χ3n) is 3.78. The van der Waals surface area contributed by atoms with Crippen LogP contribution in [0.5, 0.6) is 5.75 Å². The maximum absolute atomic E-state index is 12.1. The first-order chi connectivity index (χ1) is 10.5. The Balaban J connectivity index is 1.92. The fraction of sp³-hybridized carbons (Fsp3) is 0.625. The van der Waals surface area contributed by atoms with Gasteiger partial charge in [-0.25, -0.2) is 0 Å². The summed E-state index contributed by atoms with van der Waals surface area (Å²) in [7, 11) is 0. The minimum atomic E-state index is -2.84. The lowest BCUT2D eigenvalue weighted by Crippen LogP contribution is -2.47. The molecule has 0 spiro atoms. The van der Waals surface area contributed by atoms with E-state index in [9.17, 15) is 13.9 Å². The molecule has 1 aromatic rings. The van der Waals surface area contributed by atoms with Gasteiger partial charge in [-0.15, -0.1) is 0 Å². The first-order valence-electron chi connectivity index (χ1n) is 7.58. The average molecular weight is 315 g/mol. The Kier molecular flexibility index (Phi) is 6.11. The molecule has 1 saturated heterocycles. The summed E-state index contributed by atoms with van der Waals surface area (Å²) in [4.78, 5) is 2.18. The van der Waals surface area contributed by atoms with Gasteiger partial charge in [0, 0.05) is 19.6 Å². The molecular formula is C16H23F2NO3. The highest BCUT2D eigenvalue weighted by molar-refractivity contribution is 5.28. The normalized spacial score (nSPS) is 24.5. The number of nitrogens with zero attached hydrogens (tertiary/aromatic N) is 1. The second-order valence-corrected chi connectivity index (χ2v) is 5.66. The third-order valence-corrected chi connectivity index (χ3v) is 3.78. The van der Waals surface area contributed by atoms with Gasteiger partial charge in [-0.1, -0.05) is 19.1 Å². The van der Waals surface area contributed by atoms with Gasteiger partial charge < -0.3 is 14.6 Å². The molecule has 124 valence electrons. The predicted octanol–water partition coefficient (Wildman–Crippen LogP) is 2.82. The highest BCUT2D eigenvalue weighted by Gasteiger charge is 2.25. The summed E-state index contributed by atoms with van der Waals surface area (Å²) in [6.07, 6.45) is 0.616. The van der Waals surface area contributed by atoms with E-state index in [2.05, 4.69) is 16.6 Å². The maximum atomic E-state index is 12.1. The first kappa shape index (κ1) is 17.1. The van der Waals surface area contributed by atoms with Crippen molar-refractivity contribution in [1.82, 2.24) is 4.90 Å². The van der Waals surface area contributed by atoms with E-state index in [0.717, 1.165) is 19.5 Å². The van der Waals surface area contributed by atoms with Crippen molar-refractivity contribution in [2.24, 2.45) is 0 Å². The fourth-order valence-corrected chi connectivity index (χ4v) is 2.74. The molecule has 4 nitrogen and oxygen atoms in total. The second-order valence-electron chi connectivity index (χ2n) is 5.66. The summed E-state index contributed by atoms with van der Waals surface area (Å²) in [5, 5.41) is 10.3. The van der Waals surface area contributed by atoms with Crippen molar-refractivity contribution in [3.05, 3.63) is 29.8 Å². The number of hydrogen-bond acceptors (Lipinski definition) is 4. The molecular weight excluding hydrogens is 292 g/mol. The Hall–Kier alpha value is -1.24. The van der Waals surface area contributed by atoms with Crippen molar-refractivity contribution in [1.29, 1.82) is 0 Å². The largest absolute Gasteiger partial charge is 0.435 e.